The minimum atomic E-state index is -4.73. The molecule has 0 saturated carbocycles. The maximum atomic E-state index is 13.4. The van der Waals surface area contributed by atoms with Crippen LogP contribution in [0.2, 0.25) is 5.02 Å². The van der Waals surface area contributed by atoms with Crippen LogP contribution < -0.4 is 4.31 Å². The molecule has 3 aromatic rings. The first-order valence-electron chi connectivity index (χ1n) is 8.98. The lowest BCUT2D eigenvalue weighted by molar-refractivity contribution is -0.137. The van der Waals surface area contributed by atoms with Gasteiger partial charge in [-0.15, -0.1) is 0 Å². The number of nitrogens with zero attached hydrogens (tertiary/aromatic N) is 3. The minimum absolute atomic E-state index is 0.152. The van der Waals surface area contributed by atoms with Gasteiger partial charge in [-0.3, -0.25) is 0 Å². The number of aromatic carboxylic acids is 1. The molecule has 0 fully saturated rings. The largest absolute Gasteiger partial charge is 0.478 e. The second-order valence-electron chi connectivity index (χ2n) is 6.65. The molecule has 1 N–H and O–H groups in total. The van der Waals surface area contributed by atoms with Crippen molar-refractivity contribution in [3.8, 4) is 0 Å². The molecule has 0 atom stereocenters. The second kappa shape index (κ2) is 9.09. The van der Waals surface area contributed by atoms with Gasteiger partial charge in [-0.05, 0) is 35.9 Å². The molecule has 0 amide bonds. The Hall–Kier alpha value is -3.62. The maximum Gasteiger partial charge on any atom is 0.417 e. The first kappa shape index (κ1) is 24.0. The molecule has 7 nitrogen and oxygen atoms in total. The van der Waals surface area contributed by atoms with Crippen LogP contribution >= 0.6 is 11.6 Å². The molecule has 0 aliphatic rings. The molecule has 3 rings (SSSR count). The molecule has 2 aromatic carbocycles. The van der Waals surface area contributed by atoms with Crippen LogP contribution in [0.4, 0.5) is 24.7 Å². The number of aromatic nitrogens is 1. The molecular weight excluding hydrogens is 483 g/mol. The quantitative estimate of drug-likeness (QED) is 0.462. The summed E-state index contributed by atoms with van der Waals surface area (Å²) in [6.45, 7) is 6.64. The summed E-state index contributed by atoms with van der Waals surface area (Å²) < 4.78 is 66.5. The van der Waals surface area contributed by atoms with Gasteiger partial charge in [-0.25, -0.2) is 27.3 Å². The molecule has 0 spiro atoms. The van der Waals surface area contributed by atoms with Crippen molar-refractivity contribution < 1.29 is 31.5 Å². The third-order valence-electron chi connectivity index (χ3n) is 4.47. The van der Waals surface area contributed by atoms with Crippen LogP contribution in [-0.2, 0) is 22.7 Å². The summed E-state index contributed by atoms with van der Waals surface area (Å²) >= 11 is 6.02. The fourth-order valence-electron chi connectivity index (χ4n) is 2.78. The molecule has 170 valence electrons. The Bertz CT molecular complexity index is 1340. The zero-order valence-corrected chi connectivity index (χ0v) is 18.0. The highest BCUT2D eigenvalue weighted by Crippen LogP contribution is 2.36. The fourth-order valence-corrected chi connectivity index (χ4v) is 4.53. The topological polar surface area (TPSA) is 91.9 Å². The van der Waals surface area contributed by atoms with Crippen LogP contribution in [0, 0.1) is 6.57 Å². The van der Waals surface area contributed by atoms with Gasteiger partial charge in [-0.1, -0.05) is 35.9 Å². The highest BCUT2D eigenvalue weighted by atomic mass is 35.5. The Morgan fingerprint density at radius 2 is 1.73 bits per heavy atom. The van der Waals surface area contributed by atoms with Crippen LogP contribution in [0.3, 0.4) is 0 Å². The second-order valence-corrected chi connectivity index (χ2v) is 8.92. The fraction of sp³-hybridized carbons (Fsp3) is 0.0952. The lowest BCUT2D eigenvalue weighted by Gasteiger charge is -2.25. The van der Waals surface area contributed by atoms with Crippen molar-refractivity contribution in [2.24, 2.45) is 0 Å². The van der Waals surface area contributed by atoms with Gasteiger partial charge in [0.25, 0.3) is 10.0 Å². The number of halogens is 4. The average molecular weight is 496 g/mol. The van der Waals surface area contributed by atoms with Gasteiger partial charge < -0.3 is 5.11 Å². The van der Waals surface area contributed by atoms with E-state index in [0.717, 1.165) is 28.6 Å². The van der Waals surface area contributed by atoms with Gasteiger partial charge in [0.1, 0.15) is 0 Å². The van der Waals surface area contributed by atoms with Crippen molar-refractivity contribution in [3.63, 3.8) is 0 Å². The smallest absolute Gasteiger partial charge is 0.417 e. The Morgan fingerprint density at radius 3 is 2.21 bits per heavy atom. The normalized spacial score (nSPS) is 11.6. The summed E-state index contributed by atoms with van der Waals surface area (Å²) in [5, 5.41) is 8.48. The molecule has 1 heterocycles. The molecule has 12 heteroatoms. The molecule has 0 bridgehead atoms. The molecule has 1 aromatic heterocycles. The third kappa shape index (κ3) is 5.24. The van der Waals surface area contributed by atoms with E-state index in [1.165, 1.54) is 24.3 Å². The number of carbonyl (C=O) groups is 1. The van der Waals surface area contributed by atoms with Crippen molar-refractivity contribution in [2.75, 3.05) is 4.31 Å². The molecule has 0 aliphatic heterocycles. The number of pyridine rings is 1. The maximum absolute atomic E-state index is 13.4. The predicted octanol–water partition coefficient (Wildman–Crippen LogP) is 5.40. The van der Waals surface area contributed by atoms with Gasteiger partial charge in [0, 0.05) is 6.20 Å². The summed E-state index contributed by atoms with van der Waals surface area (Å²) in [5.74, 6) is -1.70. The van der Waals surface area contributed by atoms with Crippen molar-refractivity contribution >= 4 is 39.1 Å². The third-order valence-corrected chi connectivity index (χ3v) is 6.49. The summed E-state index contributed by atoms with van der Waals surface area (Å²) in [6.07, 6.45) is -4.26. The van der Waals surface area contributed by atoms with E-state index in [1.807, 2.05) is 0 Å². The van der Waals surface area contributed by atoms with Crippen LogP contribution in [0.25, 0.3) is 4.85 Å². The summed E-state index contributed by atoms with van der Waals surface area (Å²) in [4.78, 5) is 17.7. The van der Waals surface area contributed by atoms with Crippen molar-refractivity contribution in [1.82, 2.24) is 4.98 Å². The van der Waals surface area contributed by atoms with E-state index in [0.29, 0.717) is 23.5 Å². The number of carboxylic acid groups (broad SMARTS) is 1. The standard InChI is InChI=1S/C21H13ClF3N3O4S/c1-26-16-6-2-13(3-7-16)12-28(19-18(22)10-15(11-27-19)21(23,24)25)33(31,32)17-8-4-14(5-9-17)20(29)30/h2-11H,12H2,(H,29,30). The summed E-state index contributed by atoms with van der Waals surface area (Å²) in [7, 11) is -4.43. The predicted molar refractivity (Wildman–Crippen MR) is 114 cm³/mol. The van der Waals surface area contributed by atoms with Crippen molar-refractivity contribution in [1.29, 1.82) is 0 Å². The molecule has 0 unspecified atom stereocenters. The molecular formula is C21H13ClF3N3O4S. The van der Waals surface area contributed by atoms with E-state index in [4.69, 9.17) is 23.3 Å². The molecule has 0 radical (unpaired) electrons. The van der Waals surface area contributed by atoms with Crippen molar-refractivity contribution in [3.05, 3.63) is 93.9 Å². The zero-order valence-electron chi connectivity index (χ0n) is 16.4. The van der Waals surface area contributed by atoms with E-state index in [2.05, 4.69) is 9.83 Å². The number of sulfonamides is 1. The average Bonchev–Trinajstić information content (AvgIpc) is 2.77. The molecule has 33 heavy (non-hydrogen) atoms. The highest BCUT2D eigenvalue weighted by Gasteiger charge is 2.34. The Morgan fingerprint density at radius 1 is 1.12 bits per heavy atom. The van der Waals surface area contributed by atoms with E-state index in [9.17, 15) is 26.4 Å². The van der Waals surface area contributed by atoms with Gasteiger partial charge in [-0.2, -0.15) is 13.2 Å². The number of hydrogen-bond acceptors (Lipinski definition) is 4. The van der Waals surface area contributed by atoms with Crippen LogP contribution in [0.1, 0.15) is 21.5 Å². The van der Waals surface area contributed by atoms with E-state index in [1.54, 1.807) is 0 Å². The number of benzene rings is 2. The SMILES string of the molecule is [C-]#[N+]c1ccc(CN(c2ncc(C(F)(F)F)cc2Cl)S(=O)(=O)c2ccc(C(=O)O)cc2)cc1. The molecule has 0 saturated heterocycles. The monoisotopic (exact) mass is 495 g/mol. The van der Waals surface area contributed by atoms with Gasteiger partial charge >= 0.3 is 12.1 Å². The number of anilines is 1. The van der Waals surface area contributed by atoms with Crippen LogP contribution in [-0.4, -0.2) is 24.5 Å². The Labute approximate surface area is 191 Å². The lowest BCUT2D eigenvalue weighted by Crippen LogP contribution is -2.31. The van der Waals surface area contributed by atoms with E-state index in [-0.39, 0.29) is 17.0 Å². The Kier molecular flexibility index (Phi) is 6.62. The van der Waals surface area contributed by atoms with E-state index < -0.39 is 38.6 Å². The van der Waals surface area contributed by atoms with Gasteiger partial charge in [0.2, 0.25) is 0 Å². The lowest BCUT2D eigenvalue weighted by atomic mass is 10.2. The van der Waals surface area contributed by atoms with Crippen LogP contribution in [0.15, 0.2) is 65.7 Å². The summed E-state index contributed by atoms with van der Waals surface area (Å²) in [6, 6.07) is 10.7. The van der Waals surface area contributed by atoms with Crippen LogP contribution in [0.5, 0.6) is 0 Å². The number of hydrogen-bond donors (Lipinski definition) is 1. The molecule has 0 aliphatic carbocycles. The zero-order chi connectivity index (χ0) is 24.4. The Balaban J connectivity index is 2.12. The van der Waals surface area contributed by atoms with Crippen molar-refractivity contribution in [2.45, 2.75) is 17.6 Å². The van der Waals surface area contributed by atoms with Gasteiger partial charge in [0.05, 0.1) is 34.2 Å². The first-order chi connectivity index (χ1) is 15.4. The highest BCUT2D eigenvalue weighted by molar-refractivity contribution is 7.92. The van der Waals surface area contributed by atoms with Gasteiger partial charge in [0.15, 0.2) is 11.5 Å². The summed E-state index contributed by atoms with van der Waals surface area (Å²) in [5.41, 5.74) is -0.587. The minimum Gasteiger partial charge on any atom is -0.478 e. The first-order valence-corrected chi connectivity index (χ1v) is 10.8. The van der Waals surface area contributed by atoms with E-state index >= 15 is 0 Å². The number of alkyl halides is 3. The number of carboxylic acids is 1. The number of rotatable bonds is 6.